The summed E-state index contributed by atoms with van der Waals surface area (Å²) in [6, 6.07) is 0.491. The van der Waals surface area contributed by atoms with Crippen LogP contribution in [0.5, 0.6) is 0 Å². The molecule has 2 aromatic rings. The lowest BCUT2D eigenvalue weighted by Crippen LogP contribution is -2.31. The van der Waals surface area contributed by atoms with Crippen LogP contribution in [-0.2, 0) is 13.0 Å². The molecule has 2 aromatic heterocycles. The third-order valence-corrected chi connectivity index (χ3v) is 5.55. The number of nitrogens with one attached hydrogen (secondary N) is 1. The van der Waals surface area contributed by atoms with Crippen molar-refractivity contribution in [1.29, 1.82) is 0 Å². The van der Waals surface area contributed by atoms with E-state index in [1.54, 1.807) is 6.33 Å². The third kappa shape index (κ3) is 2.15. The number of hydrogen-bond acceptors (Lipinski definition) is 5. The molecule has 1 unspecified atom stereocenters. The van der Waals surface area contributed by atoms with Crippen LogP contribution in [0.2, 0.25) is 0 Å². The zero-order chi connectivity index (χ0) is 14.2. The van der Waals surface area contributed by atoms with E-state index in [2.05, 4.69) is 39.3 Å². The monoisotopic (exact) mass is 300 g/mol. The SMILES string of the molecule is CCCC1C=CCN1c1ncnc2sc3c(c12)CCNC3. The molecule has 1 N–H and O–H groups in total. The molecule has 2 aliphatic rings. The van der Waals surface area contributed by atoms with Gasteiger partial charge in [-0.1, -0.05) is 25.5 Å². The number of anilines is 1. The van der Waals surface area contributed by atoms with Crippen molar-refractivity contribution in [3.05, 3.63) is 28.9 Å². The lowest BCUT2D eigenvalue weighted by molar-refractivity contribution is 0.654. The van der Waals surface area contributed by atoms with Gasteiger partial charge in [-0.15, -0.1) is 11.3 Å². The summed E-state index contributed by atoms with van der Waals surface area (Å²) in [4.78, 5) is 14.2. The molecule has 4 nitrogen and oxygen atoms in total. The van der Waals surface area contributed by atoms with Crippen molar-refractivity contribution in [3.63, 3.8) is 0 Å². The molecule has 0 bridgehead atoms. The maximum atomic E-state index is 4.66. The highest BCUT2D eigenvalue weighted by Crippen LogP contribution is 2.38. The lowest BCUT2D eigenvalue weighted by Gasteiger charge is -2.26. The largest absolute Gasteiger partial charge is 0.346 e. The highest BCUT2D eigenvalue weighted by atomic mass is 32.1. The van der Waals surface area contributed by atoms with Gasteiger partial charge in [0.05, 0.1) is 5.39 Å². The minimum atomic E-state index is 0.491. The van der Waals surface area contributed by atoms with Crippen molar-refractivity contribution in [2.45, 2.75) is 38.8 Å². The average Bonchev–Trinajstić information content (AvgIpc) is 3.11. The first-order chi connectivity index (χ1) is 10.4. The summed E-state index contributed by atoms with van der Waals surface area (Å²) in [7, 11) is 0. The molecule has 110 valence electrons. The molecule has 21 heavy (non-hydrogen) atoms. The van der Waals surface area contributed by atoms with E-state index in [1.165, 1.54) is 28.7 Å². The minimum Gasteiger partial charge on any atom is -0.346 e. The molecule has 4 heterocycles. The van der Waals surface area contributed by atoms with Crippen LogP contribution < -0.4 is 10.2 Å². The van der Waals surface area contributed by atoms with E-state index >= 15 is 0 Å². The molecular formula is C16H20N4S. The predicted octanol–water partition coefficient (Wildman–Crippen LogP) is 2.88. The maximum absolute atomic E-state index is 4.66. The smallest absolute Gasteiger partial charge is 0.141 e. The first-order valence-corrected chi connectivity index (χ1v) is 8.59. The number of nitrogens with zero attached hydrogens (tertiary/aromatic N) is 3. The van der Waals surface area contributed by atoms with Crippen LogP contribution in [0.4, 0.5) is 5.82 Å². The molecule has 0 amide bonds. The number of fused-ring (bicyclic) bond motifs is 3. The van der Waals surface area contributed by atoms with Crippen molar-refractivity contribution in [3.8, 4) is 0 Å². The van der Waals surface area contributed by atoms with Gasteiger partial charge in [-0.05, 0) is 24.9 Å². The molecule has 0 saturated carbocycles. The van der Waals surface area contributed by atoms with Gasteiger partial charge in [-0.3, -0.25) is 0 Å². The molecule has 0 aliphatic carbocycles. The zero-order valence-electron chi connectivity index (χ0n) is 12.3. The summed E-state index contributed by atoms with van der Waals surface area (Å²) in [5.74, 6) is 1.14. The second kappa shape index (κ2) is 5.39. The third-order valence-electron chi connectivity index (χ3n) is 4.41. The summed E-state index contributed by atoms with van der Waals surface area (Å²) in [5.41, 5.74) is 1.48. The molecule has 5 heteroatoms. The van der Waals surface area contributed by atoms with Gasteiger partial charge in [0.1, 0.15) is 17.0 Å². The Kier molecular flexibility index (Phi) is 3.39. The predicted molar refractivity (Wildman–Crippen MR) is 88.0 cm³/mol. The van der Waals surface area contributed by atoms with Crippen LogP contribution >= 0.6 is 11.3 Å². The Hall–Kier alpha value is -1.46. The normalized spacial score (nSPS) is 21.2. The molecular weight excluding hydrogens is 280 g/mol. The lowest BCUT2D eigenvalue weighted by atomic mass is 10.1. The van der Waals surface area contributed by atoms with Gasteiger partial charge in [0, 0.05) is 24.0 Å². The van der Waals surface area contributed by atoms with Crippen molar-refractivity contribution in [1.82, 2.24) is 15.3 Å². The van der Waals surface area contributed by atoms with Crippen LogP contribution in [-0.4, -0.2) is 29.1 Å². The summed E-state index contributed by atoms with van der Waals surface area (Å²) in [6.45, 7) is 5.26. The fraction of sp³-hybridized carbons (Fsp3) is 0.500. The van der Waals surface area contributed by atoms with E-state index < -0.39 is 0 Å². The van der Waals surface area contributed by atoms with Crippen molar-refractivity contribution >= 4 is 27.4 Å². The van der Waals surface area contributed by atoms with E-state index in [4.69, 9.17) is 0 Å². The van der Waals surface area contributed by atoms with Crippen molar-refractivity contribution in [2.75, 3.05) is 18.0 Å². The summed E-state index contributed by atoms with van der Waals surface area (Å²) in [5, 5.41) is 4.77. The Morgan fingerprint density at radius 2 is 2.38 bits per heavy atom. The molecule has 2 aliphatic heterocycles. The second-order valence-electron chi connectivity index (χ2n) is 5.74. The van der Waals surface area contributed by atoms with Crippen molar-refractivity contribution < 1.29 is 0 Å². The van der Waals surface area contributed by atoms with Gasteiger partial charge in [0.15, 0.2) is 0 Å². The van der Waals surface area contributed by atoms with Gasteiger partial charge >= 0.3 is 0 Å². The quantitative estimate of drug-likeness (QED) is 0.885. The van der Waals surface area contributed by atoms with Crippen molar-refractivity contribution in [2.24, 2.45) is 0 Å². The first kappa shape index (κ1) is 13.2. The standard InChI is InChI=1S/C16H20N4S/c1-2-4-11-5-3-8-20(11)15-14-12-6-7-17-9-13(12)21-16(14)19-10-18-15/h3,5,10-11,17H,2,4,6-9H2,1H3. The van der Waals surface area contributed by atoms with Gasteiger partial charge in [-0.2, -0.15) is 0 Å². The highest BCUT2D eigenvalue weighted by molar-refractivity contribution is 7.19. The van der Waals surface area contributed by atoms with Crippen LogP contribution in [0.1, 0.15) is 30.2 Å². The molecule has 4 rings (SSSR count). The van der Waals surface area contributed by atoms with Gasteiger partial charge in [-0.25, -0.2) is 9.97 Å². The van der Waals surface area contributed by atoms with Crippen LogP contribution in [0.15, 0.2) is 18.5 Å². The Labute approximate surface area is 128 Å². The van der Waals surface area contributed by atoms with Gasteiger partial charge in [0.25, 0.3) is 0 Å². The van der Waals surface area contributed by atoms with Crippen LogP contribution in [0.25, 0.3) is 10.2 Å². The molecule has 0 aromatic carbocycles. The first-order valence-electron chi connectivity index (χ1n) is 7.77. The van der Waals surface area contributed by atoms with E-state index in [-0.39, 0.29) is 0 Å². The van der Waals surface area contributed by atoms with Gasteiger partial charge in [0.2, 0.25) is 0 Å². The minimum absolute atomic E-state index is 0.491. The molecule has 1 atom stereocenters. The fourth-order valence-corrected chi connectivity index (χ4v) is 4.57. The molecule has 0 radical (unpaired) electrons. The molecule has 0 saturated heterocycles. The fourth-order valence-electron chi connectivity index (χ4n) is 3.42. The van der Waals surface area contributed by atoms with Crippen LogP contribution in [0, 0.1) is 0 Å². The number of rotatable bonds is 3. The second-order valence-corrected chi connectivity index (χ2v) is 6.83. The summed E-state index contributed by atoms with van der Waals surface area (Å²) >= 11 is 1.83. The highest BCUT2D eigenvalue weighted by Gasteiger charge is 2.26. The van der Waals surface area contributed by atoms with Gasteiger partial charge < -0.3 is 10.2 Å². The molecule has 0 fully saturated rings. The summed E-state index contributed by atoms with van der Waals surface area (Å²) in [6.07, 6.45) is 9.82. The Morgan fingerprint density at radius 3 is 3.29 bits per heavy atom. The topological polar surface area (TPSA) is 41.1 Å². The van der Waals surface area contributed by atoms with E-state index in [9.17, 15) is 0 Å². The van der Waals surface area contributed by atoms with E-state index in [0.717, 1.165) is 36.7 Å². The Balaban J connectivity index is 1.83. The number of aromatic nitrogens is 2. The Morgan fingerprint density at radius 1 is 1.43 bits per heavy atom. The molecule has 0 spiro atoms. The summed E-state index contributed by atoms with van der Waals surface area (Å²) < 4.78 is 0. The average molecular weight is 300 g/mol. The number of hydrogen-bond donors (Lipinski definition) is 1. The van der Waals surface area contributed by atoms with Crippen LogP contribution in [0.3, 0.4) is 0 Å². The Bertz CT molecular complexity index is 691. The van der Waals surface area contributed by atoms with E-state index in [0.29, 0.717) is 6.04 Å². The number of thiophene rings is 1. The van der Waals surface area contributed by atoms with E-state index in [1.807, 2.05) is 11.3 Å². The maximum Gasteiger partial charge on any atom is 0.141 e. The zero-order valence-corrected chi connectivity index (χ0v) is 13.1.